The molecule has 0 radical (unpaired) electrons. The topological polar surface area (TPSA) is 78.7 Å². The van der Waals surface area contributed by atoms with Crippen molar-refractivity contribution in [3.05, 3.63) is 39.9 Å². The molecule has 0 atom stereocenters. The molecule has 0 aliphatic heterocycles. The number of hydrogen-bond acceptors (Lipinski definition) is 5. The van der Waals surface area contributed by atoms with E-state index in [4.69, 9.17) is 4.89 Å². The lowest BCUT2D eigenvalue weighted by molar-refractivity contribution is -0.384. The molecule has 1 aromatic carbocycles. The summed E-state index contributed by atoms with van der Waals surface area (Å²) in [6, 6.07) is 5.90. The van der Waals surface area contributed by atoms with E-state index >= 15 is 0 Å². The Hall–Kier alpha value is -1.95. The maximum absolute atomic E-state index is 11.4. The molecule has 6 heteroatoms. The first-order valence-electron chi connectivity index (χ1n) is 7.19. The Morgan fingerprint density at radius 3 is 2.43 bits per heavy atom. The Balaban J connectivity index is 2.15. The Labute approximate surface area is 124 Å². The molecule has 21 heavy (non-hydrogen) atoms. The summed E-state index contributed by atoms with van der Waals surface area (Å²) in [5.41, 5.74) is 0.721. The van der Waals surface area contributed by atoms with Crippen LogP contribution in [0.2, 0.25) is 0 Å². The molecule has 0 aliphatic rings. The third kappa shape index (κ3) is 7.41. The highest BCUT2D eigenvalue weighted by Gasteiger charge is 2.06. The van der Waals surface area contributed by atoms with Crippen LogP contribution in [0.1, 0.15) is 51.0 Å². The summed E-state index contributed by atoms with van der Waals surface area (Å²) < 4.78 is 0. The van der Waals surface area contributed by atoms with Gasteiger partial charge in [-0.3, -0.25) is 15.0 Å². The maximum atomic E-state index is 11.4. The fourth-order valence-corrected chi connectivity index (χ4v) is 1.79. The molecule has 0 amide bonds. The summed E-state index contributed by atoms with van der Waals surface area (Å²) in [6.45, 7) is 2.22. The van der Waals surface area contributed by atoms with E-state index in [0.29, 0.717) is 12.0 Å². The average molecular weight is 295 g/mol. The largest absolute Gasteiger partial charge is 0.342 e. The fourth-order valence-electron chi connectivity index (χ4n) is 1.79. The van der Waals surface area contributed by atoms with Crippen LogP contribution in [0.4, 0.5) is 5.69 Å². The molecule has 0 unspecified atom stereocenters. The van der Waals surface area contributed by atoms with Crippen molar-refractivity contribution in [2.45, 2.75) is 52.1 Å². The number of non-ortho nitro benzene ring substituents is 1. The van der Waals surface area contributed by atoms with Gasteiger partial charge in [-0.1, -0.05) is 32.6 Å². The van der Waals surface area contributed by atoms with Gasteiger partial charge in [0.2, 0.25) is 0 Å². The Bertz CT molecular complexity index is 444. The van der Waals surface area contributed by atoms with Crippen LogP contribution in [0, 0.1) is 10.1 Å². The van der Waals surface area contributed by atoms with Crippen molar-refractivity contribution < 1.29 is 19.5 Å². The van der Waals surface area contributed by atoms with Crippen LogP contribution < -0.4 is 0 Å². The summed E-state index contributed by atoms with van der Waals surface area (Å²) in [4.78, 5) is 30.9. The predicted molar refractivity (Wildman–Crippen MR) is 77.4 cm³/mol. The third-order valence-corrected chi connectivity index (χ3v) is 3.01. The van der Waals surface area contributed by atoms with Crippen molar-refractivity contribution in [1.82, 2.24) is 0 Å². The molecule has 0 saturated carbocycles. The first-order chi connectivity index (χ1) is 10.1. The van der Waals surface area contributed by atoms with Gasteiger partial charge in [-0.25, -0.2) is 4.79 Å². The zero-order valence-corrected chi connectivity index (χ0v) is 12.2. The minimum absolute atomic E-state index is 0.0165. The average Bonchev–Trinajstić information content (AvgIpc) is 2.47. The van der Waals surface area contributed by atoms with E-state index in [2.05, 4.69) is 11.8 Å². The van der Waals surface area contributed by atoms with Crippen molar-refractivity contribution >= 4 is 11.7 Å². The molecular formula is C15H21NO5. The number of nitrogens with zero attached hydrogens (tertiary/aromatic N) is 1. The molecule has 0 saturated heterocycles. The van der Waals surface area contributed by atoms with Crippen LogP contribution >= 0.6 is 0 Å². The first-order valence-corrected chi connectivity index (χ1v) is 7.19. The van der Waals surface area contributed by atoms with Crippen LogP contribution in [0.25, 0.3) is 0 Å². The van der Waals surface area contributed by atoms with Gasteiger partial charge in [0.1, 0.15) is 6.61 Å². The Morgan fingerprint density at radius 2 is 1.81 bits per heavy atom. The third-order valence-electron chi connectivity index (χ3n) is 3.01. The van der Waals surface area contributed by atoms with Gasteiger partial charge in [0, 0.05) is 18.6 Å². The highest BCUT2D eigenvalue weighted by molar-refractivity contribution is 5.68. The minimum atomic E-state index is -0.469. The number of nitro benzene ring substituents is 1. The lowest BCUT2D eigenvalue weighted by atomic mass is 10.1. The second-order valence-electron chi connectivity index (χ2n) is 4.81. The molecule has 1 aromatic rings. The van der Waals surface area contributed by atoms with Crippen LogP contribution in [-0.2, 0) is 21.2 Å². The van der Waals surface area contributed by atoms with Gasteiger partial charge in [0.25, 0.3) is 5.69 Å². The van der Waals surface area contributed by atoms with E-state index < -0.39 is 4.92 Å². The minimum Gasteiger partial charge on any atom is -0.298 e. The molecule has 0 heterocycles. The number of hydrogen-bond donors (Lipinski definition) is 0. The van der Waals surface area contributed by atoms with Crippen molar-refractivity contribution in [1.29, 1.82) is 0 Å². The number of benzene rings is 1. The van der Waals surface area contributed by atoms with Gasteiger partial charge in [0.15, 0.2) is 0 Å². The van der Waals surface area contributed by atoms with Crippen LogP contribution in [0.5, 0.6) is 0 Å². The van der Waals surface area contributed by atoms with E-state index in [1.165, 1.54) is 25.0 Å². The van der Waals surface area contributed by atoms with Crippen LogP contribution in [0.3, 0.4) is 0 Å². The van der Waals surface area contributed by atoms with E-state index in [0.717, 1.165) is 19.3 Å². The second kappa shape index (κ2) is 9.88. The molecular weight excluding hydrogens is 274 g/mol. The van der Waals surface area contributed by atoms with E-state index in [1.807, 2.05) is 0 Å². The number of carbonyl (C=O) groups is 1. The standard InChI is InChI=1S/C15H21NO5/c1-2-3-4-5-6-7-15(17)21-20-12-13-8-10-14(11-9-13)16(18)19/h8-11H,2-7,12H2,1H3. The summed E-state index contributed by atoms with van der Waals surface area (Å²) >= 11 is 0. The van der Waals surface area contributed by atoms with Gasteiger partial charge in [0.05, 0.1) is 4.92 Å². The van der Waals surface area contributed by atoms with Crippen molar-refractivity contribution in [2.75, 3.05) is 0 Å². The lowest BCUT2D eigenvalue weighted by Gasteiger charge is -2.04. The van der Waals surface area contributed by atoms with Gasteiger partial charge in [-0.2, -0.15) is 4.89 Å². The van der Waals surface area contributed by atoms with E-state index in [-0.39, 0.29) is 18.3 Å². The smallest absolute Gasteiger partial charge is 0.298 e. The fraction of sp³-hybridized carbons (Fsp3) is 0.533. The van der Waals surface area contributed by atoms with Gasteiger partial charge >= 0.3 is 5.97 Å². The molecule has 0 aromatic heterocycles. The van der Waals surface area contributed by atoms with E-state index in [9.17, 15) is 14.9 Å². The van der Waals surface area contributed by atoms with Crippen molar-refractivity contribution in [2.24, 2.45) is 0 Å². The van der Waals surface area contributed by atoms with Crippen molar-refractivity contribution in [3.8, 4) is 0 Å². The van der Waals surface area contributed by atoms with E-state index in [1.54, 1.807) is 12.1 Å². The van der Waals surface area contributed by atoms with Crippen molar-refractivity contribution in [3.63, 3.8) is 0 Å². The highest BCUT2D eigenvalue weighted by atomic mass is 17.2. The second-order valence-corrected chi connectivity index (χ2v) is 4.81. The number of rotatable bonds is 10. The first kappa shape index (κ1) is 17.1. The Morgan fingerprint density at radius 1 is 1.14 bits per heavy atom. The van der Waals surface area contributed by atoms with Gasteiger partial charge in [-0.05, 0) is 24.1 Å². The number of carbonyl (C=O) groups excluding carboxylic acids is 1. The molecule has 0 aliphatic carbocycles. The molecule has 0 fully saturated rings. The summed E-state index contributed by atoms with van der Waals surface area (Å²) in [5.74, 6) is -0.381. The molecule has 0 N–H and O–H groups in total. The SMILES string of the molecule is CCCCCCCC(=O)OOCc1ccc([N+](=O)[O-])cc1. The van der Waals surface area contributed by atoms with Crippen LogP contribution in [-0.4, -0.2) is 10.9 Å². The summed E-state index contributed by atoms with van der Waals surface area (Å²) in [6.07, 6.45) is 5.66. The molecule has 0 bridgehead atoms. The predicted octanol–water partition coefficient (Wildman–Crippen LogP) is 3.93. The highest BCUT2D eigenvalue weighted by Crippen LogP contribution is 2.13. The summed E-state index contributed by atoms with van der Waals surface area (Å²) in [7, 11) is 0. The lowest BCUT2D eigenvalue weighted by Crippen LogP contribution is -2.05. The number of nitro groups is 1. The van der Waals surface area contributed by atoms with Gasteiger partial charge in [-0.15, -0.1) is 0 Å². The molecule has 1 rings (SSSR count). The monoisotopic (exact) mass is 295 g/mol. The normalized spacial score (nSPS) is 10.3. The number of unbranched alkanes of at least 4 members (excludes halogenated alkanes) is 4. The zero-order valence-electron chi connectivity index (χ0n) is 12.2. The molecule has 6 nitrogen and oxygen atoms in total. The van der Waals surface area contributed by atoms with Gasteiger partial charge < -0.3 is 0 Å². The zero-order chi connectivity index (χ0) is 15.5. The Kier molecular flexibility index (Phi) is 8.04. The molecule has 0 spiro atoms. The summed E-state index contributed by atoms with van der Waals surface area (Å²) in [5, 5.41) is 10.5. The maximum Gasteiger partial charge on any atom is 0.342 e. The molecule has 116 valence electrons. The van der Waals surface area contributed by atoms with Crippen LogP contribution in [0.15, 0.2) is 24.3 Å². The quantitative estimate of drug-likeness (QED) is 0.283.